The number of nitro benzene ring substituents is 1. The highest BCUT2D eigenvalue weighted by Gasteiger charge is 2.16. The summed E-state index contributed by atoms with van der Waals surface area (Å²) in [5.74, 6) is 0.551. The number of nitro groups is 1. The highest BCUT2D eigenvalue weighted by Crippen LogP contribution is 2.31. The molecule has 0 aliphatic carbocycles. The molecular weight excluding hydrogens is 314 g/mol. The number of carbonyl (C=O) groups excluding carboxylic acids is 1. The molecule has 0 N–H and O–H groups in total. The Morgan fingerprint density at radius 2 is 1.67 bits per heavy atom. The zero-order valence-electron chi connectivity index (χ0n) is 13.5. The Bertz CT molecular complexity index is 741. The van der Waals surface area contributed by atoms with Crippen molar-refractivity contribution in [3.63, 3.8) is 0 Å². The van der Waals surface area contributed by atoms with Gasteiger partial charge in [0.15, 0.2) is 11.5 Å². The van der Waals surface area contributed by atoms with E-state index < -0.39 is 17.0 Å². The molecule has 2 aromatic carbocycles. The SMILES string of the molecule is COc1ccc(C(C)OC(=O)c2ccc([N+](=O)[O-])cc2)cc1OC. The van der Waals surface area contributed by atoms with Gasteiger partial charge < -0.3 is 14.2 Å². The number of methoxy groups -OCH3 is 2. The van der Waals surface area contributed by atoms with Gasteiger partial charge in [-0.05, 0) is 36.8 Å². The Hall–Kier alpha value is -3.09. The molecule has 0 amide bonds. The summed E-state index contributed by atoms with van der Waals surface area (Å²) in [6, 6.07) is 10.5. The maximum Gasteiger partial charge on any atom is 0.338 e. The van der Waals surface area contributed by atoms with Crippen LogP contribution in [0.15, 0.2) is 42.5 Å². The van der Waals surface area contributed by atoms with E-state index in [-0.39, 0.29) is 11.3 Å². The fourth-order valence-electron chi connectivity index (χ4n) is 2.12. The molecule has 0 aromatic heterocycles. The van der Waals surface area contributed by atoms with Crippen molar-refractivity contribution in [2.24, 2.45) is 0 Å². The van der Waals surface area contributed by atoms with Crippen LogP contribution in [0.1, 0.15) is 28.9 Å². The van der Waals surface area contributed by atoms with Crippen molar-refractivity contribution >= 4 is 11.7 Å². The van der Waals surface area contributed by atoms with E-state index in [4.69, 9.17) is 14.2 Å². The Kier molecular flexibility index (Phi) is 5.36. The molecule has 0 spiro atoms. The lowest BCUT2D eigenvalue weighted by atomic mass is 10.1. The van der Waals surface area contributed by atoms with Crippen molar-refractivity contribution < 1.29 is 23.9 Å². The molecule has 7 heteroatoms. The number of non-ortho nitro benzene ring substituents is 1. The Morgan fingerprint density at radius 3 is 2.21 bits per heavy atom. The lowest BCUT2D eigenvalue weighted by Crippen LogP contribution is -2.09. The molecule has 0 aliphatic rings. The fraction of sp³-hybridized carbons (Fsp3) is 0.235. The molecule has 24 heavy (non-hydrogen) atoms. The van der Waals surface area contributed by atoms with Crippen LogP contribution < -0.4 is 9.47 Å². The molecule has 2 aromatic rings. The number of hydrogen-bond acceptors (Lipinski definition) is 6. The van der Waals surface area contributed by atoms with Gasteiger partial charge in [-0.1, -0.05) is 6.07 Å². The number of carbonyl (C=O) groups is 1. The third-order valence-electron chi connectivity index (χ3n) is 3.47. The van der Waals surface area contributed by atoms with Crippen LogP contribution in [-0.4, -0.2) is 25.1 Å². The number of hydrogen-bond donors (Lipinski definition) is 0. The second kappa shape index (κ2) is 7.45. The van der Waals surface area contributed by atoms with E-state index in [1.807, 2.05) is 0 Å². The third-order valence-corrected chi connectivity index (χ3v) is 3.47. The van der Waals surface area contributed by atoms with Crippen molar-refractivity contribution in [3.8, 4) is 11.5 Å². The second-order valence-electron chi connectivity index (χ2n) is 4.97. The van der Waals surface area contributed by atoms with Gasteiger partial charge in [-0.15, -0.1) is 0 Å². The quantitative estimate of drug-likeness (QED) is 0.457. The summed E-state index contributed by atoms with van der Waals surface area (Å²) in [6.07, 6.45) is -0.521. The van der Waals surface area contributed by atoms with Crippen LogP contribution in [0.25, 0.3) is 0 Å². The van der Waals surface area contributed by atoms with E-state index in [0.29, 0.717) is 11.5 Å². The minimum absolute atomic E-state index is 0.0838. The fourth-order valence-corrected chi connectivity index (χ4v) is 2.12. The molecule has 2 rings (SSSR count). The molecule has 0 aliphatic heterocycles. The summed E-state index contributed by atoms with van der Waals surface area (Å²) >= 11 is 0. The minimum Gasteiger partial charge on any atom is -0.493 e. The van der Waals surface area contributed by atoms with Crippen LogP contribution in [0, 0.1) is 10.1 Å². The number of benzene rings is 2. The summed E-state index contributed by atoms with van der Waals surface area (Å²) in [5, 5.41) is 10.6. The van der Waals surface area contributed by atoms with Crippen molar-refractivity contribution in [3.05, 3.63) is 63.7 Å². The van der Waals surface area contributed by atoms with Gasteiger partial charge in [0.25, 0.3) is 5.69 Å². The smallest absolute Gasteiger partial charge is 0.338 e. The van der Waals surface area contributed by atoms with Crippen molar-refractivity contribution in [1.29, 1.82) is 0 Å². The molecule has 1 atom stereocenters. The van der Waals surface area contributed by atoms with E-state index in [9.17, 15) is 14.9 Å². The number of esters is 1. The Labute approximate surface area is 138 Å². The molecule has 0 bridgehead atoms. The average Bonchev–Trinajstić information content (AvgIpc) is 2.60. The lowest BCUT2D eigenvalue weighted by molar-refractivity contribution is -0.384. The average molecular weight is 331 g/mol. The standard InChI is InChI=1S/C17H17NO6/c1-11(13-6-9-15(22-2)16(10-13)23-3)24-17(19)12-4-7-14(8-5-12)18(20)21/h4-11H,1-3H3. The summed E-state index contributed by atoms with van der Waals surface area (Å²) in [7, 11) is 3.06. The van der Waals surface area contributed by atoms with Crippen LogP contribution >= 0.6 is 0 Å². The molecule has 0 fully saturated rings. The van der Waals surface area contributed by atoms with Gasteiger partial charge in [0, 0.05) is 12.1 Å². The topological polar surface area (TPSA) is 87.9 Å². The first-order valence-electron chi connectivity index (χ1n) is 7.13. The first-order valence-corrected chi connectivity index (χ1v) is 7.13. The Morgan fingerprint density at radius 1 is 1.04 bits per heavy atom. The minimum atomic E-state index is -0.563. The van der Waals surface area contributed by atoms with Crippen molar-refractivity contribution in [2.45, 2.75) is 13.0 Å². The molecule has 0 saturated heterocycles. The maximum absolute atomic E-state index is 12.1. The monoisotopic (exact) mass is 331 g/mol. The molecule has 0 saturated carbocycles. The van der Waals surface area contributed by atoms with Crippen LogP contribution in [0.5, 0.6) is 11.5 Å². The van der Waals surface area contributed by atoms with Gasteiger partial charge in [-0.3, -0.25) is 10.1 Å². The van der Waals surface area contributed by atoms with E-state index in [1.165, 1.54) is 38.5 Å². The molecule has 0 heterocycles. The van der Waals surface area contributed by atoms with Gasteiger partial charge in [0.05, 0.1) is 24.7 Å². The number of nitrogens with zero attached hydrogens (tertiary/aromatic N) is 1. The molecule has 7 nitrogen and oxygen atoms in total. The van der Waals surface area contributed by atoms with Crippen molar-refractivity contribution in [1.82, 2.24) is 0 Å². The van der Waals surface area contributed by atoms with E-state index >= 15 is 0 Å². The van der Waals surface area contributed by atoms with Crippen LogP contribution in [-0.2, 0) is 4.74 Å². The molecule has 0 radical (unpaired) electrons. The highest BCUT2D eigenvalue weighted by atomic mass is 16.6. The van der Waals surface area contributed by atoms with E-state index in [0.717, 1.165) is 5.56 Å². The lowest BCUT2D eigenvalue weighted by Gasteiger charge is -2.16. The van der Waals surface area contributed by atoms with Gasteiger partial charge in [0.1, 0.15) is 6.10 Å². The van der Waals surface area contributed by atoms with Crippen molar-refractivity contribution in [2.75, 3.05) is 14.2 Å². The van der Waals surface area contributed by atoms with Gasteiger partial charge in [-0.2, -0.15) is 0 Å². The summed E-state index contributed by atoms with van der Waals surface area (Å²) in [4.78, 5) is 22.2. The zero-order chi connectivity index (χ0) is 17.7. The summed E-state index contributed by atoms with van der Waals surface area (Å²) in [6.45, 7) is 1.73. The normalized spacial score (nSPS) is 11.5. The van der Waals surface area contributed by atoms with E-state index in [1.54, 1.807) is 25.1 Å². The van der Waals surface area contributed by atoms with Gasteiger partial charge in [0.2, 0.25) is 0 Å². The summed E-state index contributed by atoms with van der Waals surface area (Å²) in [5.41, 5.74) is 0.898. The molecule has 126 valence electrons. The highest BCUT2D eigenvalue weighted by molar-refractivity contribution is 5.89. The summed E-state index contributed by atoms with van der Waals surface area (Å²) < 4.78 is 15.8. The largest absolute Gasteiger partial charge is 0.493 e. The van der Waals surface area contributed by atoms with E-state index in [2.05, 4.69) is 0 Å². The zero-order valence-corrected chi connectivity index (χ0v) is 13.5. The predicted octanol–water partition coefficient (Wildman–Crippen LogP) is 3.53. The predicted molar refractivity (Wildman–Crippen MR) is 86.5 cm³/mol. The van der Waals surface area contributed by atoms with Gasteiger partial charge >= 0.3 is 5.97 Å². The van der Waals surface area contributed by atoms with Crippen LogP contribution in [0.4, 0.5) is 5.69 Å². The van der Waals surface area contributed by atoms with Gasteiger partial charge in [-0.25, -0.2) is 4.79 Å². The third kappa shape index (κ3) is 3.81. The Balaban J connectivity index is 2.12. The first-order chi connectivity index (χ1) is 11.5. The second-order valence-corrected chi connectivity index (χ2v) is 4.97. The van der Waals surface area contributed by atoms with Crippen LogP contribution in [0.2, 0.25) is 0 Å². The first kappa shape index (κ1) is 17.3. The maximum atomic E-state index is 12.1. The molecular formula is C17H17NO6. The number of rotatable bonds is 6. The molecule has 1 unspecified atom stereocenters. The number of ether oxygens (including phenoxy) is 3. The van der Waals surface area contributed by atoms with Crippen LogP contribution in [0.3, 0.4) is 0 Å².